The van der Waals surface area contributed by atoms with E-state index in [1.165, 1.54) is 5.69 Å². The Morgan fingerprint density at radius 2 is 1.54 bits per heavy atom. The van der Waals surface area contributed by atoms with Crippen LogP contribution >= 0.6 is 0 Å². The van der Waals surface area contributed by atoms with E-state index in [2.05, 4.69) is 27.7 Å². The zero-order chi connectivity index (χ0) is 9.52. The first-order chi connectivity index (χ1) is 6.38. The van der Waals surface area contributed by atoms with Gasteiger partial charge >= 0.3 is 0 Å². The van der Waals surface area contributed by atoms with Crippen molar-refractivity contribution in [3.63, 3.8) is 0 Å². The molecule has 13 heavy (non-hydrogen) atoms. The van der Waals surface area contributed by atoms with E-state index in [0.29, 0.717) is 0 Å². The molecule has 0 saturated heterocycles. The molecule has 0 aliphatic heterocycles. The lowest BCUT2D eigenvalue weighted by molar-refractivity contribution is 0.668. The molecule has 1 aromatic rings. The molecule has 0 saturated carbocycles. The molecule has 1 aromatic carbocycles. The fraction of sp³-hybridized carbons (Fsp3) is 0.400. The number of rotatable bonds is 5. The molecule has 3 nitrogen and oxygen atoms in total. The lowest BCUT2D eigenvalue weighted by atomic mass is 10.3. The highest BCUT2D eigenvalue weighted by molar-refractivity contribution is 5.45. The third kappa shape index (κ3) is 3.05. The monoisotopic (exact) mass is 179 g/mol. The van der Waals surface area contributed by atoms with Crippen LogP contribution in [0.3, 0.4) is 0 Å². The van der Waals surface area contributed by atoms with Crippen LogP contribution in [-0.4, -0.2) is 27.4 Å². The summed E-state index contributed by atoms with van der Waals surface area (Å²) in [6, 6.07) is 10.3. The van der Waals surface area contributed by atoms with E-state index in [1.807, 2.05) is 32.3 Å². The lowest BCUT2D eigenvalue weighted by Gasteiger charge is -2.23. The summed E-state index contributed by atoms with van der Waals surface area (Å²) in [6.07, 6.45) is 0. The molecule has 0 spiro atoms. The zero-order valence-corrected chi connectivity index (χ0v) is 8.25. The van der Waals surface area contributed by atoms with Gasteiger partial charge in [0.15, 0.2) is 0 Å². The maximum atomic E-state index is 3.14. The van der Waals surface area contributed by atoms with Crippen molar-refractivity contribution in [2.45, 2.75) is 0 Å². The molecule has 2 N–H and O–H groups in total. The first kappa shape index (κ1) is 10.0. The fourth-order valence-electron chi connectivity index (χ4n) is 1.26. The highest BCUT2D eigenvalue weighted by Crippen LogP contribution is 2.10. The van der Waals surface area contributed by atoms with Gasteiger partial charge in [0, 0.05) is 5.69 Å². The van der Waals surface area contributed by atoms with Gasteiger partial charge in [-0.05, 0) is 26.2 Å². The molecule has 0 atom stereocenters. The van der Waals surface area contributed by atoms with Crippen molar-refractivity contribution in [2.24, 2.45) is 0 Å². The maximum absolute atomic E-state index is 3.14. The van der Waals surface area contributed by atoms with Gasteiger partial charge in [-0.15, -0.1) is 0 Å². The SMILES string of the molecule is CNCN(CNC)c1ccccc1. The van der Waals surface area contributed by atoms with Crippen LogP contribution in [0.1, 0.15) is 0 Å². The molecule has 0 aliphatic carbocycles. The summed E-state index contributed by atoms with van der Waals surface area (Å²) in [5.41, 5.74) is 1.23. The Kier molecular flexibility index (Phi) is 4.29. The van der Waals surface area contributed by atoms with Gasteiger partial charge in [0.05, 0.1) is 13.3 Å². The molecule has 0 aromatic heterocycles. The first-order valence-electron chi connectivity index (χ1n) is 4.47. The van der Waals surface area contributed by atoms with Gasteiger partial charge in [0.25, 0.3) is 0 Å². The van der Waals surface area contributed by atoms with E-state index in [0.717, 1.165) is 13.3 Å². The summed E-state index contributed by atoms with van der Waals surface area (Å²) < 4.78 is 0. The number of nitrogens with zero attached hydrogens (tertiary/aromatic N) is 1. The number of para-hydroxylation sites is 1. The van der Waals surface area contributed by atoms with Crippen LogP contribution in [0.2, 0.25) is 0 Å². The average molecular weight is 179 g/mol. The van der Waals surface area contributed by atoms with E-state index in [1.54, 1.807) is 0 Å². The predicted octanol–water partition coefficient (Wildman–Crippen LogP) is 0.847. The number of benzene rings is 1. The summed E-state index contributed by atoms with van der Waals surface area (Å²) in [7, 11) is 3.90. The molecule has 0 fully saturated rings. The third-order valence-electron chi connectivity index (χ3n) is 1.82. The van der Waals surface area contributed by atoms with Crippen molar-refractivity contribution in [1.29, 1.82) is 0 Å². The van der Waals surface area contributed by atoms with Crippen molar-refractivity contribution in [3.05, 3.63) is 30.3 Å². The van der Waals surface area contributed by atoms with E-state index in [-0.39, 0.29) is 0 Å². The van der Waals surface area contributed by atoms with Crippen LogP contribution in [0, 0.1) is 0 Å². The third-order valence-corrected chi connectivity index (χ3v) is 1.82. The van der Waals surface area contributed by atoms with Crippen molar-refractivity contribution in [1.82, 2.24) is 10.6 Å². The van der Waals surface area contributed by atoms with E-state index < -0.39 is 0 Å². The van der Waals surface area contributed by atoms with Gasteiger partial charge in [-0.25, -0.2) is 0 Å². The van der Waals surface area contributed by atoms with Crippen LogP contribution in [0.4, 0.5) is 5.69 Å². The van der Waals surface area contributed by atoms with Gasteiger partial charge in [0.1, 0.15) is 0 Å². The molecule has 0 radical (unpaired) electrons. The fourth-order valence-corrected chi connectivity index (χ4v) is 1.26. The predicted molar refractivity (Wildman–Crippen MR) is 56.8 cm³/mol. The summed E-state index contributed by atoms with van der Waals surface area (Å²) in [6.45, 7) is 1.70. The van der Waals surface area contributed by atoms with Gasteiger partial charge in [-0.3, -0.25) is 0 Å². The molecule has 0 unspecified atom stereocenters. The van der Waals surface area contributed by atoms with Crippen LogP contribution in [-0.2, 0) is 0 Å². The van der Waals surface area contributed by atoms with Gasteiger partial charge < -0.3 is 15.5 Å². The highest BCUT2D eigenvalue weighted by Gasteiger charge is 2.01. The normalized spacial score (nSPS) is 10.0. The van der Waals surface area contributed by atoms with E-state index in [9.17, 15) is 0 Å². The number of hydrogen-bond donors (Lipinski definition) is 2. The standard InChI is InChI=1S/C10H17N3/c1-11-8-13(9-12-2)10-6-4-3-5-7-10/h3-7,11-12H,8-9H2,1-2H3. The quantitative estimate of drug-likeness (QED) is 0.656. The first-order valence-corrected chi connectivity index (χ1v) is 4.47. The number of nitrogens with one attached hydrogen (secondary N) is 2. The second-order valence-corrected chi connectivity index (χ2v) is 2.90. The summed E-state index contributed by atoms with van der Waals surface area (Å²) >= 11 is 0. The van der Waals surface area contributed by atoms with Crippen molar-refractivity contribution in [2.75, 3.05) is 32.3 Å². The molecule has 72 valence electrons. The Morgan fingerprint density at radius 1 is 1.00 bits per heavy atom. The molecule has 3 heteroatoms. The second kappa shape index (κ2) is 5.56. The molecule has 0 amide bonds. The Balaban J connectivity index is 2.64. The number of anilines is 1. The zero-order valence-electron chi connectivity index (χ0n) is 8.25. The Bertz CT molecular complexity index is 217. The van der Waals surface area contributed by atoms with Crippen LogP contribution in [0.15, 0.2) is 30.3 Å². The lowest BCUT2D eigenvalue weighted by Crippen LogP contribution is -2.38. The minimum atomic E-state index is 0.852. The Labute approximate surface area is 79.8 Å². The van der Waals surface area contributed by atoms with Crippen LogP contribution in [0.25, 0.3) is 0 Å². The van der Waals surface area contributed by atoms with Crippen LogP contribution in [0.5, 0.6) is 0 Å². The summed E-state index contributed by atoms with van der Waals surface area (Å²) in [5, 5.41) is 6.27. The summed E-state index contributed by atoms with van der Waals surface area (Å²) in [4.78, 5) is 2.22. The average Bonchev–Trinajstić information content (AvgIpc) is 2.19. The molecule has 0 bridgehead atoms. The minimum absolute atomic E-state index is 0.852. The summed E-state index contributed by atoms with van der Waals surface area (Å²) in [5.74, 6) is 0. The maximum Gasteiger partial charge on any atom is 0.0692 e. The highest BCUT2D eigenvalue weighted by atomic mass is 15.3. The van der Waals surface area contributed by atoms with Crippen molar-refractivity contribution < 1.29 is 0 Å². The van der Waals surface area contributed by atoms with Gasteiger partial charge in [-0.1, -0.05) is 18.2 Å². The number of hydrogen-bond acceptors (Lipinski definition) is 3. The molecule has 0 aliphatic rings. The van der Waals surface area contributed by atoms with Crippen LogP contribution < -0.4 is 15.5 Å². The second-order valence-electron chi connectivity index (χ2n) is 2.90. The smallest absolute Gasteiger partial charge is 0.0692 e. The molecule has 0 heterocycles. The Hall–Kier alpha value is -1.06. The molecule has 1 rings (SSSR count). The topological polar surface area (TPSA) is 27.3 Å². The molecular weight excluding hydrogens is 162 g/mol. The van der Waals surface area contributed by atoms with Crippen molar-refractivity contribution in [3.8, 4) is 0 Å². The molecular formula is C10H17N3. The largest absolute Gasteiger partial charge is 0.346 e. The van der Waals surface area contributed by atoms with Gasteiger partial charge in [-0.2, -0.15) is 0 Å². The van der Waals surface area contributed by atoms with Gasteiger partial charge in [0.2, 0.25) is 0 Å². The van der Waals surface area contributed by atoms with E-state index in [4.69, 9.17) is 0 Å². The minimum Gasteiger partial charge on any atom is -0.346 e. The van der Waals surface area contributed by atoms with Crippen molar-refractivity contribution >= 4 is 5.69 Å². The Morgan fingerprint density at radius 3 is 2.00 bits per heavy atom. The van der Waals surface area contributed by atoms with E-state index >= 15 is 0 Å².